The van der Waals surface area contributed by atoms with Crippen molar-refractivity contribution in [2.75, 3.05) is 12.4 Å². The fraction of sp³-hybridized carbons (Fsp3) is 0.235. The summed E-state index contributed by atoms with van der Waals surface area (Å²) < 4.78 is 0. The van der Waals surface area contributed by atoms with Gasteiger partial charge >= 0.3 is 5.97 Å². The van der Waals surface area contributed by atoms with Gasteiger partial charge in [-0.05, 0) is 18.2 Å². The molecule has 2 heterocycles. The quantitative estimate of drug-likeness (QED) is 0.741. The number of aliphatic carboxylic acids is 1. The van der Waals surface area contributed by atoms with Crippen LogP contribution in [0.5, 0.6) is 0 Å². The number of aromatic nitrogens is 2. The van der Waals surface area contributed by atoms with Crippen LogP contribution < -0.4 is 5.32 Å². The monoisotopic (exact) mass is 327 g/mol. The molecule has 1 aromatic carbocycles. The van der Waals surface area contributed by atoms with Gasteiger partial charge in [0.05, 0.1) is 17.6 Å². The van der Waals surface area contributed by atoms with Crippen molar-refractivity contribution >= 4 is 33.3 Å². The molecule has 2 N–H and O–H groups in total. The summed E-state index contributed by atoms with van der Waals surface area (Å²) in [4.78, 5) is 21.0. The molecule has 6 heteroatoms. The SMILES string of the molecule is CNc1nc(-c2ccc3ncccc3c2)c(C(C)CC(=O)O)s1. The van der Waals surface area contributed by atoms with Gasteiger partial charge in [-0.15, -0.1) is 11.3 Å². The average molecular weight is 327 g/mol. The number of benzene rings is 1. The number of hydrogen-bond donors (Lipinski definition) is 2. The van der Waals surface area contributed by atoms with Crippen LogP contribution in [0.25, 0.3) is 22.2 Å². The number of rotatable bonds is 5. The van der Waals surface area contributed by atoms with E-state index in [1.807, 2.05) is 44.3 Å². The van der Waals surface area contributed by atoms with Crippen LogP contribution in [0.4, 0.5) is 5.13 Å². The lowest BCUT2D eigenvalue weighted by molar-refractivity contribution is -0.137. The van der Waals surface area contributed by atoms with Crippen LogP contribution >= 0.6 is 11.3 Å². The van der Waals surface area contributed by atoms with Gasteiger partial charge in [-0.3, -0.25) is 9.78 Å². The summed E-state index contributed by atoms with van der Waals surface area (Å²) in [6, 6.07) is 9.92. The van der Waals surface area contributed by atoms with Gasteiger partial charge in [0.15, 0.2) is 5.13 Å². The largest absolute Gasteiger partial charge is 0.481 e. The summed E-state index contributed by atoms with van der Waals surface area (Å²) in [5, 5.41) is 14.0. The van der Waals surface area contributed by atoms with Crippen molar-refractivity contribution in [2.24, 2.45) is 0 Å². The van der Waals surface area contributed by atoms with Crippen molar-refractivity contribution in [1.29, 1.82) is 0 Å². The molecule has 0 aliphatic rings. The molecule has 5 nitrogen and oxygen atoms in total. The zero-order chi connectivity index (χ0) is 16.4. The molecule has 0 bridgehead atoms. The third kappa shape index (κ3) is 3.17. The van der Waals surface area contributed by atoms with Gasteiger partial charge in [-0.25, -0.2) is 4.98 Å². The highest BCUT2D eigenvalue weighted by atomic mass is 32.1. The lowest BCUT2D eigenvalue weighted by atomic mass is 10.00. The lowest BCUT2D eigenvalue weighted by Crippen LogP contribution is -2.02. The molecule has 0 radical (unpaired) electrons. The Kier molecular flexibility index (Phi) is 4.25. The Bertz CT molecular complexity index is 860. The molecular weight excluding hydrogens is 310 g/mol. The second-order valence-corrected chi connectivity index (χ2v) is 6.42. The van der Waals surface area contributed by atoms with Crippen LogP contribution in [0, 0.1) is 0 Å². The van der Waals surface area contributed by atoms with E-state index in [0.717, 1.165) is 32.2 Å². The average Bonchev–Trinajstić information content (AvgIpc) is 2.98. The molecule has 0 spiro atoms. The van der Waals surface area contributed by atoms with E-state index in [-0.39, 0.29) is 12.3 Å². The third-order valence-corrected chi connectivity index (χ3v) is 4.98. The smallest absolute Gasteiger partial charge is 0.303 e. The highest BCUT2D eigenvalue weighted by Crippen LogP contribution is 2.38. The number of carbonyl (C=O) groups is 1. The number of carboxylic acid groups (broad SMARTS) is 1. The molecule has 0 fully saturated rings. The number of fused-ring (bicyclic) bond motifs is 1. The minimum atomic E-state index is -0.800. The molecule has 1 unspecified atom stereocenters. The van der Waals surface area contributed by atoms with E-state index in [0.29, 0.717) is 0 Å². The fourth-order valence-electron chi connectivity index (χ4n) is 2.56. The number of carboxylic acids is 1. The molecule has 23 heavy (non-hydrogen) atoms. The molecule has 3 aromatic rings. The predicted molar refractivity (Wildman–Crippen MR) is 93.1 cm³/mol. The predicted octanol–water partition coefficient (Wildman–Crippen LogP) is 3.98. The van der Waals surface area contributed by atoms with Gasteiger partial charge in [0.1, 0.15) is 0 Å². The molecule has 1 atom stereocenters. The van der Waals surface area contributed by atoms with Gasteiger partial charge in [0.2, 0.25) is 0 Å². The van der Waals surface area contributed by atoms with Crippen LogP contribution in [0.1, 0.15) is 24.1 Å². The normalized spacial score (nSPS) is 12.3. The second-order valence-electron chi connectivity index (χ2n) is 5.39. The summed E-state index contributed by atoms with van der Waals surface area (Å²) >= 11 is 1.51. The minimum Gasteiger partial charge on any atom is -0.481 e. The summed E-state index contributed by atoms with van der Waals surface area (Å²) in [5.74, 6) is -0.891. The number of nitrogens with one attached hydrogen (secondary N) is 1. The Morgan fingerprint density at radius 3 is 2.96 bits per heavy atom. The summed E-state index contributed by atoms with van der Waals surface area (Å²) in [7, 11) is 1.82. The highest BCUT2D eigenvalue weighted by molar-refractivity contribution is 7.16. The van der Waals surface area contributed by atoms with E-state index in [2.05, 4.69) is 15.3 Å². The van der Waals surface area contributed by atoms with E-state index in [1.54, 1.807) is 6.20 Å². The first-order chi connectivity index (χ1) is 11.1. The Labute approximate surface area is 138 Å². The first-order valence-electron chi connectivity index (χ1n) is 7.34. The Morgan fingerprint density at radius 2 is 2.22 bits per heavy atom. The molecule has 118 valence electrons. The number of nitrogens with zero attached hydrogens (tertiary/aromatic N) is 2. The Hall–Kier alpha value is -2.47. The van der Waals surface area contributed by atoms with Crippen LogP contribution in [-0.2, 0) is 4.79 Å². The van der Waals surface area contributed by atoms with E-state index < -0.39 is 5.97 Å². The zero-order valence-corrected chi connectivity index (χ0v) is 13.7. The molecule has 0 aliphatic heterocycles. The van der Waals surface area contributed by atoms with Crippen molar-refractivity contribution in [1.82, 2.24) is 9.97 Å². The molecule has 0 amide bonds. The van der Waals surface area contributed by atoms with Crippen LogP contribution in [0.3, 0.4) is 0 Å². The molecule has 0 aliphatic carbocycles. The zero-order valence-electron chi connectivity index (χ0n) is 12.9. The topological polar surface area (TPSA) is 75.1 Å². The molecule has 0 saturated carbocycles. The minimum absolute atomic E-state index is 0.0908. The van der Waals surface area contributed by atoms with Crippen molar-refractivity contribution in [3.8, 4) is 11.3 Å². The first-order valence-corrected chi connectivity index (χ1v) is 8.15. The van der Waals surface area contributed by atoms with Gasteiger partial charge in [-0.2, -0.15) is 0 Å². The van der Waals surface area contributed by atoms with Crippen molar-refractivity contribution in [2.45, 2.75) is 19.3 Å². The fourth-order valence-corrected chi connectivity index (χ4v) is 3.55. The van der Waals surface area contributed by atoms with Crippen LogP contribution in [-0.4, -0.2) is 28.1 Å². The van der Waals surface area contributed by atoms with Crippen molar-refractivity contribution in [3.63, 3.8) is 0 Å². The summed E-state index contributed by atoms with van der Waals surface area (Å²) in [5.41, 5.74) is 2.76. The maximum absolute atomic E-state index is 11.0. The van der Waals surface area contributed by atoms with Crippen molar-refractivity contribution < 1.29 is 9.90 Å². The molecular formula is C17H17N3O2S. The number of anilines is 1. The van der Waals surface area contributed by atoms with Crippen LogP contribution in [0.15, 0.2) is 36.5 Å². The van der Waals surface area contributed by atoms with E-state index in [4.69, 9.17) is 5.11 Å². The van der Waals surface area contributed by atoms with E-state index >= 15 is 0 Å². The van der Waals surface area contributed by atoms with Gasteiger partial charge in [0, 0.05) is 35.0 Å². The number of pyridine rings is 1. The first kappa shape index (κ1) is 15.4. The van der Waals surface area contributed by atoms with Gasteiger partial charge in [-0.1, -0.05) is 19.1 Å². The second kappa shape index (κ2) is 6.34. The highest BCUT2D eigenvalue weighted by Gasteiger charge is 2.20. The number of thiazole rings is 1. The maximum atomic E-state index is 11.0. The van der Waals surface area contributed by atoms with Gasteiger partial charge < -0.3 is 10.4 Å². The van der Waals surface area contributed by atoms with E-state index in [1.165, 1.54) is 11.3 Å². The summed E-state index contributed by atoms with van der Waals surface area (Å²) in [6.07, 6.45) is 1.86. The van der Waals surface area contributed by atoms with Crippen LogP contribution in [0.2, 0.25) is 0 Å². The Balaban J connectivity index is 2.09. The standard InChI is InChI=1S/C17H17N3O2S/c1-10(8-14(21)22)16-15(20-17(18-2)23-16)12-5-6-13-11(9-12)4-3-7-19-13/h3-7,9-10H,8H2,1-2H3,(H,18,20)(H,21,22). The Morgan fingerprint density at radius 1 is 1.39 bits per heavy atom. The maximum Gasteiger partial charge on any atom is 0.303 e. The van der Waals surface area contributed by atoms with E-state index in [9.17, 15) is 4.79 Å². The third-order valence-electron chi connectivity index (χ3n) is 3.67. The van der Waals surface area contributed by atoms with Crippen molar-refractivity contribution in [3.05, 3.63) is 41.4 Å². The number of hydrogen-bond acceptors (Lipinski definition) is 5. The molecule has 2 aromatic heterocycles. The molecule has 3 rings (SSSR count). The van der Waals surface area contributed by atoms with Gasteiger partial charge in [0.25, 0.3) is 0 Å². The lowest BCUT2D eigenvalue weighted by Gasteiger charge is -2.09. The molecule has 0 saturated heterocycles. The summed E-state index contributed by atoms with van der Waals surface area (Å²) in [6.45, 7) is 1.92.